The van der Waals surface area contributed by atoms with Crippen molar-refractivity contribution in [2.45, 2.75) is 25.4 Å². The summed E-state index contributed by atoms with van der Waals surface area (Å²) in [6.07, 6.45) is 1.18. The van der Waals surface area contributed by atoms with Crippen molar-refractivity contribution in [3.63, 3.8) is 0 Å². The third-order valence-electron chi connectivity index (χ3n) is 2.30. The molecular weight excluding hydrogens is 245 g/mol. The van der Waals surface area contributed by atoms with E-state index < -0.39 is 5.67 Å². The molecule has 1 atom stereocenters. The molecule has 0 bridgehead atoms. The Kier molecular flexibility index (Phi) is 4.08. The minimum absolute atomic E-state index is 0.0808. The highest BCUT2D eigenvalue weighted by atomic mass is 79.9. The van der Waals surface area contributed by atoms with Crippen LogP contribution >= 0.6 is 15.9 Å². The number of alkyl halides is 1. The molecule has 0 amide bonds. The van der Waals surface area contributed by atoms with Gasteiger partial charge in [0.25, 0.3) is 0 Å². The van der Waals surface area contributed by atoms with Crippen molar-refractivity contribution in [2.24, 2.45) is 5.73 Å². The van der Waals surface area contributed by atoms with Crippen molar-refractivity contribution >= 4 is 15.9 Å². The number of hydrogen-bond donors (Lipinski definition) is 1. The van der Waals surface area contributed by atoms with Gasteiger partial charge in [0.15, 0.2) is 0 Å². The molecule has 0 saturated heterocycles. The van der Waals surface area contributed by atoms with E-state index in [4.69, 9.17) is 5.73 Å². The quantitative estimate of drug-likeness (QED) is 0.884. The predicted molar refractivity (Wildman–Crippen MR) is 61.0 cm³/mol. The molecule has 0 heterocycles. The van der Waals surface area contributed by atoms with Crippen LogP contribution in [0.3, 0.4) is 0 Å². The van der Waals surface area contributed by atoms with Crippen LogP contribution in [0.25, 0.3) is 0 Å². The number of benzene rings is 1. The normalized spacial score (nSPS) is 15.1. The summed E-state index contributed by atoms with van der Waals surface area (Å²) in [6.45, 7) is 1.63. The Labute approximate surface area is 92.6 Å². The lowest BCUT2D eigenvalue weighted by molar-refractivity contribution is 0.186. The molecule has 0 saturated carbocycles. The SMILES string of the molecule is CC(F)(CN)CCc1ccccc1Br. The molecule has 0 aliphatic carbocycles. The molecule has 0 aromatic heterocycles. The van der Waals surface area contributed by atoms with Gasteiger partial charge >= 0.3 is 0 Å². The van der Waals surface area contributed by atoms with Crippen LogP contribution in [0.4, 0.5) is 4.39 Å². The van der Waals surface area contributed by atoms with Crippen LogP contribution in [0.2, 0.25) is 0 Å². The van der Waals surface area contributed by atoms with Crippen LogP contribution in [0.15, 0.2) is 28.7 Å². The first-order valence-electron chi connectivity index (χ1n) is 4.67. The number of aryl methyl sites for hydroxylation is 1. The van der Waals surface area contributed by atoms with Gasteiger partial charge in [-0.05, 0) is 31.4 Å². The summed E-state index contributed by atoms with van der Waals surface area (Å²) in [4.78, 5) is 0. The average molecular weight is 260 g/mol. The molecule has 1 aromatic carbocycles. The molecule has 78 valence electrons. The van der Waals surface area contributed by atoms with Gasteiger partial charge in [-0.3, -0.25) is 0 Å². The maximum absolute atomic E-state index is 13.5. The smallest absolute Gasteiger partial charge is 0.120 e. The van der Waals surface area contributed by atoms with Crippen molar-refractivity contribution in [2.75, 3.05) is 6.54 Å². The van der Waals surface area contributed by atoms with Crippen molar-refractivity contribution < 1.29 is 4.39 Å². The predicted octanol–water partition coefficient (Wildman–Crippen LogP) is 3.07. The Morgan fingerprint density at radius 3 is 2.64 bits per heavy atom. The molecule has 14 heavy (non-hydrogen) atoms. The fourth-order valence-electron chi connectivity index (χ4n) is 1.20. The van der Waals surface area contributed by atoms with E-state index in [1.54, 1.807) is 6.92 Å². The van der Waals surface area contributed by atoms with E-state index in [1.165, 1.54) is 0 Å². The molecule has 0 fully saturated rings. The van der Waals surface area contributed by atoms with E-state index in [1.807, 2.05) is 24.3 Å². The molecule has 1 rings (SSSR count). The minimum atomic E-state index is -1.25. The molecular formula is C11H15BrFN. The Balaban J connectivity index is 2.58. The fourth-order valence-corrected chi connectivity index (χ4v) is 1.68. The molecule has 1 aromatic rings. The second-order valence-electron chi connectivity index (χ2n) is 3.71. The summed E-state index contributed by atoms with van der Waals surface area (Å²) in [7, 11) is 0. The third-order valence-corrected chi connectivity index (χ3v) is 3.07. The van der Waals surface area contributed by atoms with Gasteiger partial charge in [0.05, 0.1) is 0 Å². The first-order valence-corrected chi connectivity index (χ1v) is 5.47. The van der Waals surface area contributed by atoms with Gasteiger partial charge in [0.2, 0.25) is 0 Å². The summed E-state index contributed by atoms with van der Waals surface area (Å²) in [6, 6.07) is 7.87. The van der Waals surface area contributed by atoms with Crippen molar-refractivity contribution in [3.8, 4) is 0 Å². The Morgan fingerprint density at radius 1 is 1.43 bits per heavy atom. The number of nitrogens with two attached hydrogens (primary N) is 1. The van der Waals surface area contributed by atoms with Crippen molar-refractivity contribution in [1.82, 2.24) is 0 Å². The lowest BCUT2D eigenvalue weighted by Gasteiger charge is -2.17. The zero-order valence-electron chi connectivity index (χ0n) is 8.26. The number of halogens is 2. The third kappa shape index (κ3) is 3.39. The molecule has 0 aliphatic heterocycles. The minimum Gasteiger partial charge on any atom is -0.328 e. The summed E-state index contributed by atoms with van der Waals surface area (Å²) < 4.78 is 14.5. The maximum atomic E-state index is 13.5. The largest absolute Gasteiger partial charge is 0.328 e. The van der Waals surface area contributed by atoms with Gasteiger partial charge in [0.1, 0.15) is 5.67 Å². The van der Waals surface area contributed by atoms with E-state index >= 15 is 0 Å². The highest BCUT2D eigenvalue weighted by Crippen LogP contribution is 2.22. The van der Waals surface area contributed by atoms with Gasteiger partial charge in [-0.2, -0.15) is 0 Å². The van der Waals surface area contributed by atoms with E-state index in [9.17, 15) is 4.39 Å². The van der Waals surface area contributed by atoms with Gasteiger partial charge < -0.3 is 5.73 Å². The number of rotatable bonds is 4. The topological polar surface area (TPSA) is 26.0 Å². The zero-order valence-corrected chi connectivity index (χ0v) is 9.85. The van der Waals surface area contributed by atoms with Crippen molar-refractivity contribution in [1.29, 1.82) is 0 Å². The molecule has 1 unspecified atom stereocenters. The lowest BCUT2D eigenvalue weighted by Crippen LogP contribution is -2.29. The Hall–Kier alpha value is -0.410. The van der Waals surface area contributed by atoms with Crippen molar-refractivity contribution in [3.05, 3.63) is 34.3 Å². The molecule has 0 aliphatic rings. The van der Waals surface area contributed by atoms with Crippen LogP contribution in [-0.4, -0.2) is 12.2 Å². The fraction of sp³-hybridized carbons (Fsp3) is 0.455. The van der Waals surface area contributed by atoms with Crippen LogP contribution in [0.1, 0.15) is 18.9 Å². The molecule has 1 nitrogen and oxygen atoms in total. The van der Waals surface area contributed by atoms with E-state index in [2.05, 4.69) is 15.9 Å². The second-order valence-corrected chi connectivity index (χ2v) is 4.56. The standard InChI is InChI=1S/C11H15BrFN/c1-11(13,8-14)7-6-9-4-2-3-5-10(9)12/h2-5H,6-8,14H2,1H3. The molecule has 0 radical (unpaired) electrons. The van der Waals surface area contributed by atoms with Gasteiger partial charge in [-0.15, -0.1) is 0 Å². The summed E-state index contributed by atoms with van der Waals surface area (Å²) in [5.41, 5.74) is 5.20. The van der Waals surface area contributed by atoms with Crippen LogP contribution < -0.4 is 5.73 Å². The second kappa shape index (κ2) is 4.89. The first-order chi connectivity index (χ1) is 6.55. The Bertz CT molecular complexity index is 299. The van der Waals surface area contributed by atoms with E-state index in [-0.39, 0.29) is 6.54 Å². The van der Waals surface area contributed by atoms with Gasteiger partial charge in [-0.25, -0.2) is 4.39 Å². The first kappa shape index (κ1) is 11.7. The van der Waals surface area contributed by atoms with E-state index in [0.29, 0.717) is 12.8 Å². The summed E-state index contributed by atoms with van der Waals surface area (Å²) in [5, 5.41) is 0. The molecule has 2 N–H and O–H groups in total. The monoisotopic (exact) mass is 259 g/mol. The molecule has 0 spiro atoms. The highest BCUT2D eigenvalue weighted by Gasteiger charge is 2.20. The Morgan fingerprint density at radius 2 is 2.07 bits per heavy atom. The van der Waals surface area contributed by atoms with Crippen LogP contribution in [0.5, 0.6) is 0 Å². The van der Waals surface area contributed by atoms with Gasteiger partial charge in [0, 0.05) is 11.0 Å². The van der Waals surface area contributed by atoms with Crippen LogP contribution in [-0.2, 0) is 6.42 Å². The van der Waals surface area contributed by atoms with Gasteiger partial charge in [-0.1, -0.05) is 34.1 Å². The van der Waals surface area contributed by atoms with Crippen LogP contribution in [0, 0.1) is 0 Å². The maximum Gasteiger partial charge on any atom is 0.120 e. The van der Waals surface area contributed by atoms with E-state index in [0.717, 1.165) is 10.0 Å². The number of hydrogen-bond acceptors (Lipinski definition) is 1. The summed E-state index contributed by atoms with van der Waals surface area (Å²) in [5.74, 6) is 0. The lowest BCUT2D eigenvalue weighted by atomic mass is 9.99. The average Bonchev–Trinajstić information content (AvgIpc) is 2.17. The zero-order chi connectivity index (χ0) is 10.6. The summed E-state index contributed by atoms with van der Waals surface area (Å²) >= 11 is 3.43. The molecule has 3 heteroatoms. The highest BCUT2D eigenvalue weighted by molar-refractivity contribution is 9.10.